The van der Waals surface area contributed by atoms with Crippen LogP contribution in [0.15, 0.2) is 24.3 Å². The molecule has 0 spiro atoms. The predicted molar refractivity (Wildman–Crippen MR) is 83.9 cm³/mol. The minimum absolute atomic E-state index is 0.0398. The Labute approximate surface area is 127 Å². The number of nitrogens with one attached hydrogen (secondary N) is 1. The van der Waals surface area contributed by atoms with E-state index in [2.05, 4.69) is 60.3 Å². The third-order valence-electron chi connectivity index (χ3n) is 4.94. The van der Waals surface area contributed by atoms with Crippen LogP contribution in [0.4, 0.5) is 0 Å². The van der Waals surface area contributed by atoms with Gasteiger partial charge >= 0.3 is 0 Å². The summed E-state index contributed by atoms with van der Waals surface area (Å²) < 4.78 is 0. The number of likely N-dealkylation sites (tertiary alicyclic amines) is 1. The van der Waals surface area contributed by atoms with Crippen LogP contribution in [-0.2, 0) is 4.79 Å². The maximum atomic E-state index is 12.4. The van der Waals surface area contributed by atoms with Gasteiger partial charge in [0.05, 0.1) is 6.54 Å². The molecule has 3 rings (SSSR count). The lowest BCUT2D eigenvalue weighted by Crippen LogP contribution is -2.49. The third kappa shape index (κ3) is 2.83. The maximum absolute atomic E-state index is 12.4. The number of nitrogens with zero attached hydrogens (tertiary/aromatic N) is 2. The Hall–Kier alpha value is -1.39. The van der Waals surface area contributed by atoms with E-state index in [0.29, 0.717) is 18.6 Å². The molecule has 2 saturated heterocycles. The second-order valence-corrected chi connectivity index (χ2v) is 6.51. The summed E-state index contributed by atoms with van der Waals surface area (Å²) in [6.45, 7) is 5.87. The first kappa shape index (κ1) is 14.5. The molecule has 3 unspecified atom stereocenters. The Bertz CT molecular complexity index is 531. The lowest BCUT2D eigenvalue weighted by atomic mass is 9.96. The van der Waals surface area contributed by atoms with Gasteiger partial charge in [-0.3, -0.25) is 10.1 Å². The first-order valence-electron chi connectivity index (χ1n) is 7.87. The summed E-state index contributed by atoms with van der Waals surface area (Å²) in [5.74, 6) is 0.239. The quantitative estimate of drug-likeness (QED) is 0.902. The van der Waals surface area contributed by atoms with Crippen LogP contribution < -0.4 is 5.32 Å². The number of rotatable bonds is 2. The van der Waals surface area contributed by atoms with E-state index in [1.165, 1.54) is 11.1 Å². The van der Waals surface area contributed by atoms with Crippen LogP contribution in [-0.4, -0.2) is 47.9 Å². The van der Waals surface area contributed by atoms with Gasteiger partial charge in [-0.15, -0.1) is 0 Å². The molecule has 0 saturated carbocycles. The molecule has 2 aliphatic rings. The normalized spacial score (nSPS) is 30.9. The van der Waals surface area contributed by atoms with Crippen molar-refractivity contribution in [2.24, 2.45) is 0 Å². The van der Waals surface area contributed by atoms with E-state index < -0.39 is 0 Å². The van der Waals surface area contributed by atoms with Crippen molar-refractivity contribution in [2.75, 3.05) is 20.1 Å². The summed E-state index contributed by atoms with van der Waals surface area (Å²) in [7, 11) is 2.17. The molecule has 21 heavy (non-hydrogen) atoms. The fourth-order valence-electron chi connectivity index (χ4n) is 3.57. The van der Waals surface area contributed by atoms with Crippen molar-refractivity contribution in [1.29, 1.82) is 0 Å². The molecule has 2 heterocycles. The highest BCUT2D eigenvalue weighted by Gasteiger charge is 2.39. The number of aryl methyl sites for hydroxylation is 1. The van der Waals surface area contributed by atoms with Gasteiger partial charge in [0.25, 0.3) is 0 Å². The average molecular weight is 287 g/mol. The van der Waals surface area contributed by atoms with Crippen LogP contribution >= 0.6 is 0 Å². The predicted octanol–water partition coefficient (Wildman–Crippen LogP) is 1.91. The van der Waals surface area contributed by atoms with Crippen molar-refractivity contribution in [3.05, 3.63) is 35.4 Å². The van der Waals surface area contributed by atoms with E-state index in [0.717, 1.165) is 19.4 Å². The van der Waals surface area contributed by atoms with E-state index in [4.69, 9.17) is 0 Å². The summed E-state index contributed by atoms with van der Waals surface area (Å²) in [5, 5.41) is 3.39. The second kappa shape index (κ2) is 5.78. The van der Waals surface area contributed by atoms with E-state index in [1.54, 1.807) is 0 Å². The van der Waals surface area contributed by atoms with Gasteiger partial charge in [-0.1, -0.05) is 29.8 Å². The van der Waals surface area contributed by atoms with E-state index in [-0.39, 0.29) is 12.1 Å². The zero-order chi connectivity index (χ0) is 15.0. The summed E-state index contributed by atoms with van der Waals surface area (Å²) in [6.07, 6.45) is 2.17. The molecule has 4 nitrogen and oxygen atoms in total. The Morgan fingerprint density at radius 3 is 2.86 bits per heavy atom. The van der Waals surface area contributed by atoms with Gasteiger partial charge in [-0.25, -0.2) is 0 Å². The summed E-state index contributed by atoms with van der Waals surface area (Å²) in [4.78, 5) is 16.9. The number of benzene rings is 1. The summed E-state index contributed by atoms with van der Waals surface area (Å²) in [5.41, 5.74) is 2.44. The minimum atomic E-state index is 0.0398. The van der Waals surface area contributed by atoms with E-state index >= 15 is 0 Å². The Balaban J connectivity index is 1.83. The standard InChI is InChI=1S/C17H25N3O/c1-12-5-4-6-14(9-12)17-18-11-16(21)20(17)15-7-8-19(3)13(2)10-15/h4-6,9,13,15,17-18H,7-8,10-11H2,1-3H3. The van der Waals surface area contributed by atoms with Crippen LogP contribution in [0.2, 0.25) is 0 Å². The Morgan fingerprint density at radius 2 is 2.14 bits per heavy atom. The number of hydrogen-bond donors (Lipinski definition) is 1. The fraction of sp³-hybridized carbons (Fsp3) is 0.588. The van der Waals surface area contributed by atoms with E-state index in [9.17, 15) is 4.79 Å². The van der Waals surface area contributed by atoms with E-state index in [1.807, 2.05) is 0 Å². The van der Waals surface area contributed by atoms with Gasteiger partial charge in [0, 0.05) is 18.6 Å². The van der Waals surface area contributed by atoms with Crippen LogP contribution in [0.3, 0.4) is 0 Å². The van der Waals surface area contributed by atoms with Crippen molar-refractivity contribution in [3.8, 4) is 0 Å². The van der Waals surface area contributed by atoms with Gasteiger partial charge in [-0.2, -0.15) is 0 Å². The maximum Gasteiger partial charge on any atom is 0.238 e. The highest BCUT2D eigenvalue weighted by molar-refractivity contribution is 5.81. The number of amides is 1. The van der Waals surface area contributed by atoms with Gasteiger partial charge in [-0.05, 0) is 39.3 Å². The molecule has 1 amide bonds. The Morgan fingerprint density at radius 1 is 1.33 bits per heavy atom. The molecule has 3 atom stereocenters. The molecule has 4 heteroatoms. The van der Waals surface area contributed by atoms with Gasteiger partial charge in [0.15, 0.2) is 0 Å². The third-order valence-corrected chi connectivity index (χ3v) is 4.94. The van der Waals surface area contributed by atoms with Gasteiger partial charge in [0.2, 0.25) is 5.91 Å². The Kier molecular flexibility index (Phi) is 4.00. The highest BCUT2D eigenvalue weighted by atomic mass is 16.2. The second-order valence-electron chi connectivity index (χ2n) is 6.51. The molecular formula is C17H25N3O. The highest BCUT2D eigenvalue weighted by Crippen LogP contribution is 2.30. The first-order valence-corrected chi connectivity index (χ1v) is 7.87. The number of carbonyl (C=O) groups is 1. The van der Waals surface area contributed by atoms with Crippen molar-refractivity contribution in [3.63, 3.8) is 0 Å². The topological polar surface area (TPSA) is 35.6 Å². The van der Waals surface area contributed by atoms with Crippen molar-refractivity contribution in [1.82, 2.24) is 15.1 Å². The van der Waals surface area contributed by atoms with Crippen molar-refractivity contribution in [2.45, 2.75) is 44.9 Å². The molecule has 2 aliphatic heterocycles. The number of hydrogen-bond acceptors (Lipinski definition) is 3. The van der Waals surface area contributed by atoms with Gasteiger partial charge < -0.3 is 9.80 Å². The molecule has 0 aromatic heterocycles. The molecule has 0 aliphatic carbocycles. The smallest absolute Gasteiger partial charge is 0.238 e. The van der Waals surface area contributed by atoms with Gasteiger partial charge in [0.1, 0.15) is 6.17 Å². The molecule has 1 aromatic carbocycles. The fourth-order valence-corrected chi connectivity index (χ4v) is 3.57. The number of piperidine rings is 1. The van der Waals surface area contributed by atoms with Crippen LogP contribution in [0.25, 0.3) is 0 Å². The van der Waals surface area contributed by atoms with Crippen molar-refractivity contribution >= 4 is 5.91 Å². The molecular weight excluding hydrogens is 262 g/mol. The molecule has 0 radical (unpaired) electrons. The largest absolute Gasteiger partial charge is 0.319 e. The zero-order valence-electron chi connectivity index (χ0n) is 13.2. The minimum Gasteiger partial charge on any atom is -0.319 e. The lowest BCUT2D eigenvalue weighted by Gasteiger charge is -2.41. The van der Waals surface area contributed by atoms with Crippen LogP contribution in [0, 0.1) is 6.92 Å². The molecule has 2 fully saturated rings. The SMILES string of the molecule is Cc1cccc(C2NCC(=O)N2C2CCN(C)C(C)C2)c1. The average Bonchev–Trinajstić information content (AvgIpc) is 2.84. The molecule has 1 aromatic rings. The summed E-state index contributed by atoms with van der Waals surface area (Å²) >= 11 is 0. The van der Waals surface area contributed by atoms with Crippen LogP contribution in [0.5, 0.6) is 0 Å². The monoisotopic (exact) mass is 287 g/mol. The van der Waals surface area contributed by atoms with Crippen LogP contribution in [0.1, 0.15) is 37.1 Å². The summed E-state index contributed by atoms with van der Waals surface area (Å²) in [6, 6.07) is 9.36. The lowest BCUT2D eigenvalue weighted by molar-refractivity contribution is -0.131. The molecule has 114 valence electrons. The molecule has 1 N–H and O–H groups in total. The molecule has 0 bridgehead atoms. The zero-order valence-corrected chi connectivity index (χ0v) is 13.2. The van der Waals surface area contributed by atoms with Crippen molar-refractivity contribution < 1.29 is 4.79 Å². The first-order chi connectivity index (χ1) is 10.1. The number of carbonyl (C=O) groups excluding carboxylic acids is 1.